The first-order valence-corrected chi connectivity index (χ1v) is 12.5. The Labute approximate surface area is 222 Å². The van der Waals surface area contributed by atoms with E-state index in [1.165, 1.54) is 15.9 Å². The molecule has 2 amide bonds. The minimum absolute atomic E-state index is 0.00743. The Morgan fingerprint density at radius 2 is 2.00 bits per heavy atom. The van der Waals surface area contributed by atoms with Gasteiger partial charge < -0.3 is 29.6 Å². The Morgan fingerprint density at radius 3 is 2.66 bits per heavy atom. The van der Waals surface area contributed by atoms with Crippen LogP contribution < -0.4 is 9.64 Å². The highest BCUT2D eigenvalue weighted by Gasteiger charge is 2.45. The lowest BCUT2D eigenvalue weighted by Crippen LogP contribution is -2.57. The van der Waals surface area contributed by atoms with Crippen LogP contribution in [0.2, 0.25) is 5.02 Å². The highest BCUT2D eigenvalue weighted by Crippen LogP contribution is 2.46. The number of carbonyl (C=O) groups is 2. The van der Waals surface area contributed by atoms with Gasteiger partial charge in [0.25, 0.3) is 5.91 Å². The van der Waals surface area contributed by atoms with Crippen LogP contribution in [0.1, 0.15) is 30.6 Å². The van der Waals surface area contributed by atoms with E-state index in [9.17, 15) is 24.2 Å². The molecule has 0 bridgehead atoms. The molecular formula is C26H27ClF2N4O5. The molecule has 2 saturated heterocycles. The summed E-state index contributed by atoms with van der Waals surface area (Å²) >= 11 is 6.00. The minimum atomic E-state index is -1.13. The number of hydrogen-bond donors (Lipinski definition) is 2. The number of aromatic nitrogens is 1. The quantitative estimate of drug-likeness (QED) is 0.568. The molecule has 5 rings (SSSR count). The van der Waals surface area contributed by atoms with Crippen molar-refractivity contribution in [1.29, 1.82) is 0 Å². The van der Waals surface area contributed by atoms with Gasteiger partial charge in [0.15, 0.2) is 11.6 Å². The van der Waals surface area contributed by atoms with Crippen LogP contribution in [0.15, 0.2) is 24.8 Å². The summed E-state index contributed by atoms with van der Waals surface area (Å²) in [6, 6.07) is 1.52. The normalized spacial score (nSPS) is 22.5. The Bertz CT molecular complexity index is 1350. The highest BCUT2D eigenvalue weighted by molar-refractivity contribution is 6.32. The molecule has 0 saturated carbocycles. The number of benzene rings is 1. The van der Waals surface area contributed by atoms with Crippen molar-refractivity contribution in [2.45, 2.75) is 38.0 Å². The first-order chi connectivity index (χ1) is 17.9. The van der Waals surface area contributed by atoms with Gasteiger partial charge in [-0.15, -0.1) is 0 Å². The van der Waals surface area contributed by atoms with Crippen LogP contribution in [0.25, 0.3) is 11.3 Å². The fourth-order valence-corrected chi connectivity index (χ4v) is 5.64. The summed E-state index contributed by atoms with van der Waals surface area (Å²) in [4.78, 5) is 35.3. The molecule has 3 aliphatic heterocycles. The van der Waals surface area contributed by atoms with Crippen LogP contribution in [-0.2, 0) is 4.79 Å². The largest absolute Gasteiger partial charge is 0.506 e. The third-order valence-electron chi connectivity index (χ3n) is 7.37. The van der Waals surface area contributed by atoms with Crippen molar-refractivity contribution < 1.29 is 33.3 Å². The lowest BCUT2D eigenvalue weighted by molar-refractivity contribution is -0.128. The van der Waals surface area contributed by atoms with Crippen LogP contribution in [0.3, 0.4) is 0 Å². The van der Waals surface area contributed by atoms with Crippen molar-refractivity contribution in [2.24, 2.45) is 0 Å². The molecule has 4 heterocycles. The summed E-state index contributed by atoms with van der Waals surface area (Å²) in [5, 5.41) is 20.8. The number of phenolic OH excluding ortho intramolecular Hbond substituents is 1. The number of amides is 2. The fraction of sp³-hybridized carbons (Fsp3) is 0.423. The Balaban J connectivity index is 1.71. The first kappa shape index (κ1) is 26.2. The minimum Gasteiger partial charge on any atom is -0.506 e. The molecule has 1 aromatic heterocycles. The van der Waals surface area contributed by atoms with Gasteiger partial charge in [0, 0.05) is 31.7 Å². The van der Waals surface area contributed by atoms with Crippen LogP contribution in [0.5, 0.6) is 11.5 Å². The first-order valence-electron chi connectivity index (χ1n) is 12.2. The van der Waals surface area contributed by atoms with Crippen molar-refractivity contribution >= 4 is 29.2 Å². The van der Waals surface area contributed by atoms with Gasteiger partial charge in [-0.05, 0) is 38.5 Å². The number of hydrogen-bond acceptors (Lipinski definition) is 7. The Kier molecular flexibility index (Phi) is 6.47. The average Bonchev–Trinajstić information content (AvgIpc) is 3.06. The smallest absolute Gasteiger partial charge is 0.262 e. The second-order valence-corrected chi connectivity index (χ2v) is 10.7. The lowest BCUT2D eigenvalue weighted by atomic mass is 9.99. The summed E-state index contributed by atoms with van der Waals surface area (Å²) in [5.41, 5.74) is -2.02. The number of fused-ring (bicyclic) bond motifs is 2. The molecule has 2 fully saturated rings. The summed E-state index contributed by atoms with van der Waals surface area (Å²) < 4.78 is 37.0. The van der Waals surface area contributed by atoms with E-state index in [1.807, 2.05) is 13.8 Å². The van der Waals surface area contributed by atoms with E-state index in [0.29, 0.717) is 6.42 Å². The average molecular weight is 549 g/mol. The predicted octanol–water partition coefficient (Wildman–Crippen LogP) is 2.97. The van der Waals surface area contributed by atoms with Crippen LogP contribution in [0.4, 0.5) is 14.6 Å². The fourth-order valence-electron chi connectivity index (χ4n) is 5.49. The molecule has 38 heavy (non-hydrogen) atoms. The molecule has 12 heteroatoms. The van der Waals surface area contributed by atoms with Gasteiger partial charge in [-0.3, -0.25) is 9.59 Å². The standard InChI is InChI=1S/C26H27ClF2N4O5/c1-4-17(35)31-7-8-32-13(10-31)12-38-23-19(25(32)37)24(33-11-14(34)9-26(33,2)3)30-21(20(23)29)18-16(28)6-5-15(27)22(18)36/h4-6,13-14,34,36H,1,7-12H2,2-3H3/t13-,14?/m1/s1. The number of nitrogens with zero attached hydrogens (tertiary/aromatic N) is 4. The number of aliphatic hydroxyl groups is 1. The van der Waals surface area contributed by atoms with E-state index in [2.05, 4.69) is 11.6 Å². The number of phenols is 1. The maximum absolute atomic E-state index is 16.1. The Morgan fingerprint density at radius 1 is 1.26 bits per heavy atom. The van der Waals surface area contributed by atoms with E-state index in [0.717, 1.165) is 12.1 Å². The number of piperazine rings is 1. The molecule has 0 aliphatic carbocycles. The zero-order valence-corrected chi connectivity index (χ0v) is 21.6. The highest BCUT2D eigenvalue weighted by atomic mass is 35.5. The summed E-state index contributed by atoms with van der Waals surface area (Å²) in [6.45, 7) is 7.69. The number of ether oxygens (including phenoxy) is 1. The van der Waals surface area contributed by atoms with Crippen LogP contribution in [-0.4, -0.2) is 87.3 Å². The second-order valence-electron chi connectivity index (χ2n) is 10.3. The van der Waals surface area contributed by atoms with Crippen molar-refractivity contribution in [1.82, 2.24) is 14.8 Å². The third kappa shape index (κ3) is 4.14. The number of aliphatic hydroxyl groups excluding tert-OH is 1. The summed E-state index contributed by atoms with van der Waals surface area (Å²) in [7, 11) is 0. The SMILES string of the molecule is C=CC(=O)N1CCN2C(=O)c3c(N4CC(O)CC4(C)C)nc(-c4c(F)ccc(Cl)c4O)c(F)c3OC[C@H]2C1. The molecule has 0 radical (unpaired) electrons. The molecule has 2 N–H and O–H groups in total. The number of halogens is 3. The maximum Gasteiger partial charge on any atom is 0.262 e. The zero-order chi connectivity index (χ0) is 27.5. The number of carbonyl (C=O) groups excluding carboxylic acids is 2. The van der Waals surface area contributed by atoms with Gasteiger partial charge in [-0.25, -0.2) is 13.8 Å². The molecule has 0 spiro atoms. The van der Waals surface area contributed by atoms with Gasteiger partial charge in [0.2, 0.25) is 5.91 Å². The van der Waals surface area contributed by atoms with E-state index < -0.39 is 58.0 Å². The van der Waals surface area contributed by atoms with Crippen molar-refractivity contribution in [3.05, 3.63) is 47.0 Å². The van der Waals surface area contributed by atoms with Crippen molar-refractivity contribution in [3.8, 4) is 22.8 Å². The van der Waals surface area contributed by atoms with E-state index >= 15 is 4.39 Å². The van der Waals surface area contributed by atoms with Gasteiger partial charge >= 0.3 is 0 Å². The monoisotopic (exact) mass is 548 g/mol. The number of β-amino-alcohol motifs (C(OH)–C–C–N with tert-alkyl or cyclic N) is 1. The lowest BCUT2D eigenvalue weighted by Gasteiger charge is -2.40. The molecule has 9 nitrogen and oxygen atoms in total. The summed E-state index contributed by atoms with van der Waals surface area (Å²) in [5.74, 6) is -4.12. The topological polar surface area (TPSA) is 106 Å². The van der Waals surface area contributed by atoms with Crippen molar-refractivity contribution in [3.63, 3.8) is 0 Å². The van der Waals surface area contributed by atoms with E-state index in [1.54, 1.807) is 4.90 Å². The molecule has 2 atom stereocenters. The second kappa shape index (κ2) is 9.39. The molecule has 3 aliphatic rings. The van der Waals surface area contributed by atoms with E-state index in [-0.39, 0.29) is 55.1 Å². The molecule has 2 aromatic rings. The maximum atomic E-state index is 16.1. The van der Waals surface area contributed by atoms with Gasteiger partial charge in [0.05, 0.1) is 22.7 Å². The van der Waals surface area contributed by atoms with Crippen LogP contribution in [0, 0.1) is 11.6 Å². The number of aromatic hydroxyl groups is 1. The van der Waals surface area contributed by atoms with Gasteiger partial charge in [-0.1, -0.05) is 18.2 Å². The number of pyridine rings is 1. The van der Waals surface area contributed by atoms with Gasteiger partial charge in [-0.2, -0.15) is 0 Å². The zero-order valence-electron chi connectivity index (χ0n) is 20.9. The molecule has 1 unspecified atom stereocenters. The van der Waals surface area contributed by atoms with Crippen molar-refractivity contribution in [2.75, 3.05) is 37.7 Å². The van der Waals surface area contributed by atoms with E-state index in [4.69, 9.17) is 16.3 Å². The van der Waals surface area contributed by atoms with Gasteiger partial charge in [0.1, 0.15) is 35.2 Å². The Hall–Kier alpha value is -3.44. The molecule has 1 aromatic carbocycles. The number of rotatable bonds is 3. The third-order valence-corrected chi connectivity index (χ3v) is 7.67. The summed E-state index contributed by atoms with van der Waals surface area (Å²) in [6.07, 6.45) is 0.771. The van der Waals surface area contributed by atoms with Crippen LogP contribution >= 0.6 is 11.6 Å². The molecule has 202 valence electrons. The number of anilines is 1. The molecular weight excluding hydrogens is 522 g/mol. The predicted molar refractivity (Wildman–Crippen MR) is 135 cm³/mol.